The van der Waals surface area contributed by atoms with Gasteiger partial charge in [-0.1, -0.05) is 25.5 Å². The molecule has 1 aliphatic carbocycles. The highest BCUT2D eigenvalue weighted by molar-refractivity contribution is 9.10. The average molecular weight is 484 g/mol. The molecule has 2 amide bonds. The summed E-state index contributed by atoms with van der Waals surface area (Å²) in [6, 6.07) is 7.39. The molecule has 4 rings (SSSR count). The lowest BCUT2D eigenvalue weighted by molar-refractivity contribution is -0.117. The van der Waals surface area contributed by atoms with Gasteiger partial charge in [0, 0.05) is 35.7 Å². The number of hydrogen-bond donors (Lipinski definition) is 3. The number of anilines is 3. The van der Waals surface area contributed by atoms with Crippen LogP contribution < -0.4 is 16.4 Å². The van der Waals surface area contributed by atoms with E-state index < -0.39 is 5.91 Å². The van der Waals surface area contributed by atoms with Crippen LogP contribution in [0.4, 0.5) is 17.5 Å². The minimum absolute atomic E-state index is 0.108. The molecule has 0 radical (unpaired) electrons. The van der Waals surface area contributed by atoms with Crippen LogP contribution in [0.3, 0.4) is 0 Å². The summed E-state index contributed by atoms with van der Waals surface area (Å²) in [6.07, 6.45) is 5.94. The minimum Gasteiger partial charge on any atom is -0.365 e. The molecule has 1 fully saturated rings. The van der Waals surface area contributed by atoms with Gasteiger partial charge in [-0.25, -0.2) is 4.98 Å². The fourth-order valence-corrected chi connectivity index (χ4v) is 4.29. The minimum atomic E-state index is -0.669. The highest BCUT2D eigenvalue weighted by atomic mass is 79.9. The number of benzene rings is 1. The first-order valence-corrected chi connectivity index (χ1v) is 10.7. The SMILES string of the molecule is CCC1[C@@H](C(=O)Nc2ncc(C(N)=O)c(Nc3ccccc3Br)n2)[C@@H]1c1cnn(C)c1. The van der Waals surface area contributed by atoms with E-state index in [1.165, 1.54) is 6.20 Å². The maximum atomic E-state index is 12.9. The van der Waals surface area contributed by atoms with Gasteiger partial charge in [-0.05, 0) is 39.5 Å². The normalized spacial score (nSPS) is 19.6. The van der Waals surface area contributed by atoms with Crippen molar-refractivity contribution >= 4 is 45.2 Å². The number of carbonyl (C=O) groups excluding carboxylic acids is 2. The van der Waals surface area contributed by atoms with E-state index in [2.05, 4.69) is 48.6 Å². The van der Waals surface area contributed by atoms with Crippen LogP contribution in [0.5, 0.6) is 0 Å². The summed E-state index contributed by atoms with van der Waals surface area (Å²) in [5.74, 6) is -0.300. The summed E-state index contributed by atoms with van der Waals surface area (Å²) in [5, 5.41) is 10.1. The van der Waals surface area contributed by atoms with E-state index in [0.29, 0.717) is 5.69 Å². The Balaban J connectivity index is 1.55. The number of aromatic nitrogens is 4. The van der Waals surface area contributed by atoms with Gasteiger partial charge in [0.25, 0.3) is 5.91 Å². The molecule has 160 valence electrons. The second-order valence-electron chi connectivity index (χ2n) is 7.49. The van der Waals surface area contributed by atoms with Gasteiger partial charge in [-0.2, -0.15) is 10.1 Å². The Kier molecular flexibility index (Phi) is 5.73. The van der Waals surface area contributed by atoms with Crippen LogP contribution in [0.15, 0.2) is 47.3 Å². The number of nitrogens with two attached hydrogens (primary N) is 1. The van der Waals surface area contributed by atoms with Crippen LogP contribution in [-0.4, -0.2) is 31.6 Å². The van der Waals surface area contributed by atoms with Gasteiger partial charge in [0.2, 0.25) is 11.9 Å². The highest BCUT2D eigenvalue weighted by Crippen LogP contribution is 2.56. The van der Waals surface area contributed by atoms with E-state index in [4.69, 9.17) is 5.73 Å². The van der Waals surface area contributed by atoms with Crippen molar-refractivity contribution in [2.24, 2.45) is 24.6 Å². The average Bonchev–Trinajstić information content (AvgIpc) is 3.33. The number of primary amides is 1. The van der Waals surface area contributed by atoms with Crippen molar-refractivity contribution in [3.8, 4) is 0 Å². The van der Waals surface area contributed by atoms with Crippen molar-refractivity contribution < 1.29 is 9.59 Å². The Morgan fingerprint density at radius 3 is 2.68 bits per heavy atom. The zero-order chi connectivity index (χ0) is 22.1. The summed E-state index contributed by atoms with van der Waals surface area (Å²) >= 11 is 3.45. The van der Waals surface area contributed by atoms with Crippen molar-refractivity contribution in [1.82, 2.24) is 19.7 Å². The van der Waals surface area contributed by atoms with Crippen molar-refractivity contribution in [3.63, 3.8) is 0 Å². The van der Waals surface area contributed by atoms with Gasteiger partial charge < -0.3 is 11.1 Å². The van der Waals surface area contributed by atoms with E-state index in [0.717, 1.165) is 16.5 Å². The molecule has 1 aliphatic rings. The number of amides is 2. The van der Waals surface area contributed by atoms with Gasteiger partial charge in [0.1, 0.15) is 11.4 Å². The summed E-state index contributed by atoms with van der Waals surface area (Å²) in [7, 11) is 1.86. The van der Waals surface area contributed by atoms with E-state index in [1.807, 2.05) is 37.5 Å². The third-order valence-electron chi connectivity index (χ3n) is 5.47. The molecule has 0 spiro atoms. The number of carbonyl (C=O) groups is 2. The Morgan fingerprint density at radius 1 is 1.26 bits per heavy atom. The molecule has 1 aromatic carbocycles. The number of para-hydroxylation sites is 1. The zero-order valence-electron chi connectivity index (χ0n) is 17.0. The summed E-state index contributed by atoms with van der Waals surface area (Å²) < 4.78 is 2.53. The second-order valence-corrected chi connectivity index (χ2v) is 8.34. The van der Waals surface area contributed by atoms with E-state index in [1.54, 1.807) is 10.9 Å². The maximum absolute atomic E-state index is 12.9. The second kappa shape index (κ2) is 8.46. The Morgan fingerprint density at radius 2 is 2.03 bits per heavy atom. The zero-order valence-corrected chi connectivity index (χ0v) is 18.6. The first-order valence-electron chi connectivity index (χ1n) is 9.86. The summed E-state index contributed by atoms with van der Waals surface area (Å²) in [5.41, 5.74) is 7.35. The molecule has 1 unspecified atom stereocenters. The smallest absolute Gasteiger partial charge is 0.254 e. The first kappa shape index (κ1) is 21.0. The molecule has 2 aromatic heterocycles. The fraction of sp³-hybridized carbons (Fsp3) is 0.286. The topological polar surface area (TPSA) is 128 Å². The van der Waals surface area contributed by atoms with Crippen molar-refractivity contribution in [1.29, 1.82) is 0 Å². The maximum Gasteiger partial charge on any atom is 0.254 e. The molecule has 31 heavy (non-hydrogen) atoms. The molecule has 10 heteroatoms. The molecule has 4 N–H and O–H groups in total. The molecular weight excluding hydrogens is 462 g/mol. The van der Waals surface area contributed by atoms with E-state index in [-0.39, 0.29) is 41.0 Å². The van der Waals surface area contributed by atoms with E-state index in [9.17, 15) is 9.59 Å². The number of halogens is 1. The number of aryl methyl sites for hydroxylation is 1. The molecule has 3 atom stereocenters. The van der Waals surface area contributed by atoms with Gasteiger partial charge in [-0.3, -0.25) is 19.6 Å². The molecule has 0 bridgehead atoms. The van der Waals surface area contributed by atoms with Gasteiger partial charge in [-0.15, -0.1) is 0 Å². The molecule has 0 saturated heterocycles. The van der Waals surface area contributed by atoms with Crippen LogP contribution >= 0.6 is 15.9 Å². The van der Waals surface area contributed by atoms with Crippen LogP contribution in [0.25, 0.3) is 0 Å². The predicted molar refractivity (Wildman–Crippen MR) is 120 cm³/mol. The molecular formula is C21H22BrN7O2. The number of nitrogens with zero attached hydrogens (tertiary/aromatic N) is 4. The number of rotatable bonds is 7. The van der Waals surface area contributed by atoms with Crippen LogP contribution in [0, 0.1) is 11.8 Å². The van der Waals surface area contributed by atoms with Crippen LogP contribution in [0.2, 0.25) is 0 Å². The van der Waals surface area contributed by atoms with Gasteiger partial charge in [0.15, 0.2) is 0 Å². The Bertz CT molecular complexity index is 1150. The number of nitrogens with one attached hydrogen (secondary N) is 2. The molecule has 2 heterocycles. The third-order valence-corrected chi connectivity index (χ3v) is 6.16. The summed E-state index contributed by atoms with van der Waals surface area (Å²) in [6.45, 7) is 2.07. The van der Waals surface area contributed by atoms with Gasteiger partial charge in [0.05, 0.1) is 11.9 Å². The van der Waals surface area contributed by atoms with Crippen molar-refractivity contribution in [2.75, 3.05) is 10.6 Å². The van der Waals surface area contributed by atoms with Crippen LogP contribution in [-0.2, 0) is 11.8 Å². The Labute approximate surface area is 187 Å². The van der Waals surface area contributed by atoms with Crippen molar-refractivity contribution in [2.45, 2.75) is 19.3 Å². The standard InChI is InChI=1S/C21H22BrN7O2/c1-3-12-16(11-8-25-29(2)10-11)17(12)20(31)28-21-24-9-13(18(23)30)19(27-21)26-15-7-5-4-6-14(15)22/h4-10,12,16-17H,3H2,1-2H3,(H2,23,30)(H2,24,26,27,28,31)/t12?,16-,17-/m1/s1. The Hall–Kier alpha value is -3.27. The highest BCUT2D eigenvalue weighted by Gasteiger charge is 2.54. The molecule has 0 aliphatic heterocycles. The first-order chi connectivity index (χ1) is 14.9. The lowest BCUT2D eigenvalue weighted by Crippen LogP contribution is -2.20. The molecule has 1 saturated carbocycles. The molecule has 9 nitrogen and oxygen atoms in total. The number of hydrogen-bond acceptors (Lipinski definition) is 6. The van der Waals surface area contributed by atoms with Gasteiger partial charge >= 0.3 is 0 Å². The van der Waals surface area contributed by atoms with Crippen LogP contribution in [0.1, 0.15) is 35.2 Å². The van der Waals surface area contributed by atoms with Crippen molar-refractivity contribution in [3.05, 3.63) is 58.5 Å². The fourth-order valence-electron chi connectivity index (χ4n) is 3.91. The lowest BCUT2D eigenvalue weighted by atomic mass is 10.2. The lowest BCUT2D eigenvalue weighted by Gasteiger charge is -2.12. The monoisotopic (exact) mass is 483 g/mol. The largest absolute Gasteiger partial charge is 0.365 e. The predicted octanol–water partition coefficient (Wildman–Crippen LogP) is 3.19. The summed E-state index contributed by atoms with van der Waals surface area (Å²) in [4.78, 5) is 33.2. The third kappa shape index (κ3) is 4.29. The molecule has 3 aromatic rings. The quantitative estimate of drug-likeness (QED) is 0.473. The van der Waals surface area contributed by atoms with E-state index >= 15 is 0 Å².